The fraction of sp³-hybridized carbons (Fsp3) is 0. The van der Waals surface area contributed by atoms with Gasteiger partial charge in [0.25, 0.3) is 0 Å². The van der Waals surface area contributed by atoms with Gasteiger partial charge in [-0.15, -0.1) is 0 Å². The third kappa shape index (κ3) is 1.71. The maximum atomic E-state index is 13.1. The van der Waals surface area contributed by atoms with Gasteiger partial charge in [0.05, 0.1) is 16.5 Å². The Morgan fingerprint density at radius 1 is 0.769 bits per heavy atom. The standard InChI is InChI=1S/C21H12N2O3/c22-14-9-13-16(20(25)11-6-2-1-5-10(11)19(13)24)18-17(14)21(26)12-7-3-4-8-15(12)23-18/h1-9H,22H2,(H,23,26). The number of nitrogens with two attached hydrogens (primary N) is 1. The predicted octanol–water partition coefficient (Wildman–Crippen LogP) is 3.04. The number of benzene rings is 3. The molecule has 5 rings (SSSR count). The molecule has 1 aliphatic carbocycles. The van der Waals surface area contributed by atoms with Gasteiger partial charge in [-0.2, -0.15) is 0 Å². The summed E-state index contributed by atoms with van der Waals surface area (Å²) in [7, 11) is 0. The molecule has 5 nitrogen and oxygen atoms in total. The van der Waals surface area contributed by atoms with Crippen LogP contribution in [0, 0.1) is 0 Å². The lowest BCUT2D eigenvalue weighted by Crippen LogP contribution is -2.23. The number of hydrogen-bond donors (Lipinski definition) is 2. The number of carbonyl (C=O) groups excluding carboxylic acids is 2. The minimum absolute atomic E-state index is 0.186. The summed E-state index contributed by atoms with van der Waals surface area (Å²) in [5.41, 5.74) is 8.08. The molecule has 0 aliphatic heterocycles. The van der Waals surface area contributed by atoms with Gasteiger partial charge in [-0.3, -0.25) is 14.4 Å². The SMILES string of the molecule is Nc1cc2c(c3[nH]c4ccccc4c(=O)c13)C(=O)c1ccccc1C2=O. The number of aromatic amines is 1. The van der Waals surface area contributed by atoms with Crippen molar-refractivity contribution in [2.24, 2.45) is 0 Å². The fourth-order valence-electron chi connectivity index (χ4n) is 3.71. The highest BCUT2D eigenvalue weighted by Gasteiger charge is 2.32. The summed E-state index contributed by atoms with van der Waals surface area (Å²) >= 11 is 0. The van der Waals surface area contributed by atoms with Crippen molar-refractivity contribution in [3.05, 3.63) is 87.1 Å². The van der Waals surface area contributed by atoms with E-state index < -0.39 is 0 Å². The molecule has 4 aromatic rings. The minimum Gasteiger partial charge on any atom is -0.398 e. The van der Waals surface area contributed by atoms with E-state index in [2.05, 4.69) is 4.98 Å². The van der Waals surface area contributed by atoms with Crippen molar-refractivity contribution < 1.29 is 9.59 Å². The van der Waals surface area contributed by atoms with E-state index in [0.29, 0.717) is 27.5 Å². The van der Waals surface area contributed by atoms with Crippen LogP contribution in [-0.2, 0) is 0 Å². The monoisotopic (exact) mass is 340 g/mol. The lowest BCUT2D eigenvalue weighted by molar-refractivity contribution is 0.0980. The van der Waals surface area contributed by atoms with E-state index >= 15 is 0 Å². The molecule has 0 saturated carbocycles. The van der Waals surface area contributed by atoms with Gasteiger partial charge < -0.3 is 10.7 Å². The van der Waals surface area contributed by atoms with Gasteiger partial charge in [-0.05, 0) is 18.2 Å². The Labute approximate surface area is 147 Å². The molecule has 0 bridgehead atoms. The number of aromatic nitrogens is 1. The number of carbonyl (C=O) groups is 2. The van der Waals surface area contributed by atoms with Crippen LogP contribution in [0.2, 0.25) is 0 Å². The number of ketones is 2. The van der Waals surface area contributed by atoms with Crippen LogP contribution < -0.4 is 11.2 Å². The zero-order valence-corrected chi connectivity index (χ0v) is 13.5. The molecule has 0 saturated heterocycles. The van der Waals surface area contributed by atoms with Gasteiger partial charge in [0, 0.05) is 33.3 Å². The van der Waals surface area contributed by atoms with Crippen molar-refractivity contribution in [1.82, 2.24) is 4.98 Å². The predicted molar refractivity (Wildman–Crippen MR) is 99.8 cm³/mol. The van der Waals surface area contributed by atoms with Crippen LogP contribution in [0.15, 0.2) is 59.4 Å². The largest absolute Gasteiger partial charge is 0.398 e. The van der Waals surface area contributed by atoms with Crippen molar-refractivity contribution in [2.75, 3.05) is 5.73 Å². The normalized spacial score (nSPS) is 13.1. The molecule has 1 aromatic heterocycles. The molecule has 0 fully saturated rings. The summed E-state index contributed by atoms with van der Waals surface area (Å²) in [6.45, 7) is 0. The number of nitrogen functional groups attached to an aromatic ring is 1. The van der Waals surface area contributed by atoms with E-state index in [1.807, 2.05) is 0 Å². The van der Waals surface area contributed by atoms with E-state index in [1.54, 1.807) is 48.5 Å². The van der Waals surface area contributed by atoms with Gasteiger partial charge in [-0.1, -0.05) is 36.4 Å². The average molecular weight is 340 g/mol. The zero-order chi connectivity index (χ0) is 18.0. The summed E-state index contributed by atoms with van der Waals surface area (Å²) in [5.74, 6) is -0.552. The number of anilines is 1. The second-order valence-electron chi connectivity index (χ2n) is 6.34. The van der Waals surface area contributed by atoms with E-state index in [1.165, 1.54) is 6.07 Å². The second kappa shape index (κ2) is 4.89. The van der Waals surface area contributed by atoms with Crippen molar-refractivity contribution in [3.8, 4) is 0 Å². The van der Waals surface area contributed by atoms with Crippen molar-refractivity contribution in [2.45, 2.75) is 0 Å². The van der Waals surface area contributed by atoms with Crippen LogP contribution in [0.3, 0.4) is 0 Å². The number of para-hydroxylation sites is 1. The van der Waals surface area contributed by atoms with Gasteiger partial charge in [0.15, 0.2) is 17.0 Å². The molecular weight excluding hydrogens is 328 g/mol. The van der Waals surface area contributed by atoms with Crippen LogP contribution in [0.1, 0.15) is 31.8 Å². The summed E-state index contributed by atoms with van der Waals surface area (Å²) in [5, 5.41) is 0.726. The Hall–Kier alpha value is -3.73. The molecule has 0 radical (unpaired) electrons. The number of pyridine rings is 1. The fourth-order valence-corrected chi connectivity index (χ4v) is 3.71. The summed E-state index contributed by atoms with van der Waals surface area (Å²) < 4.78 is 0. The Morgan fingerprint density at radius 2 is 1.42 bits per heavy atom. The van der Waals surface area contributed by atoms with Crippen LogP contribution in [-0.4, -0.2) is 16.6 Å². The topological polar surface area (TPSA) is 93.0 Å². The first-order valence-electron chi connectivity index (χ1n) is 8.13. The zero-order valence-electron chi connectivity index (χ0n) is 13.5. The smallest absolute Gasteiger partial charge is 0.199 e. The number of fused-ring (bicyclic) bond motifs is 5. The highest BCUT2D eigenvalue weighted by molar-refractivity contribution is 6.32. The minimum atomic E-state index is -0.286. The summed E-state index contributed by atoms with van der Waals surface area (Å²) in [4.78, 5) is 42.1. The Kier molecular flexibility index (Phi) is 2.75. The molecule has 0 amide bonds. The number of rotatable bonds is 0. The van der Waals surface area contributed by atoms with Gasteiger partial charge >= 0.3 is 0 Å². The van der Waals surface area contributed by atoms with E-state index in [4.69, 9.17) is 5.73 Å². The van der Waals surface area contributed by atoms with Crippen molar-refractivity contribution >= 4 is 39.1 Å². The van der Waals surface area contributed by atoms with Crippen LogP contribution >= 0.6 is 0 Å². The van der Waals surface area contributed by atoms with Gasteiger partial charge in [0.1, 0.15) is 0 Å². The molecule has 1 aliphatic rings. The first-order chi connectivity index (χ1) is 12.6. The average Bonchev–Trinajstić information content (AvgIpc) is 2.66. The van der Waals surface area contributed by atoms with E-state index in [9.17, 15) is 14.4 Å². The lowest BCUT2D eigenvalue weighted by Gasteiger charge is -2.20. The maximum absolute atomic E-state index is 13.1. The maximum Gasteiger partial charge on any atom is 0.199 e. The quantitative estimate of drug-likeness (QED) is 0.335. The number of hydrogen-bond acceptors (Lipinski definition) is 4. The third-order valence-corrected chi connectivity index (χ3v) is 4.90. The highest BCUT2D eigenvalue weighted by atomic mass is 16.1. The molecule has 3 aromatic carbocycles. The van der Waals surface area contributed by atoms with Crippen molar-refractivity contribution in [3.63, 3.8) is 0 Å². The second-order valence-corrected chi connectivity index (χ2v) is 6.34. The molecule has 1 heterocycles. The molecule has 3 N–H and O–H groups in total. The molecule has 0 unspecified atom stereocenters. The number of nitrogens with one attached hydrogen (secondary N) is 1. The molecular formula is C21H12N2O3. The summed E-state index contributed by atoms with van der Waals surface area (Å²) in [6.07, 6.45) is 0. The Balaban J connectivity index is 2.01. The Bertz CT molecular complexity index is 1350. The van der Waals surface area contributed by atoms with E-state index in [0.717, 1.165) is 0 Å². The third-order valence-electron chi connectivity index (χ3n) is 4.90. The first-order valence-corrected chi connectivity index (χ1v) is 8.13. The Morgan fingerprint density at radius 3 is 2.19 bits per heavy atom. The molecule has 124 valence electrons. The van der Waals surface area contributed by atoms with Crippen LogP contribution in [0.5, 0.6) is 0 Å². The molecule has 5 heteroatoms. The molecule has 0 spiro atoms. The first kappa shape index (κ1) is 14.6. The molecule has 0 atom stereocenters. The van der Waals surface area contributed by atoms with Gasteiger partial charge in [0.2, 0.25) is 0 Å². The highest BCUT2D eigenvalue weighted by Crippen LogP contribution is 2.34. The van der Waals surface area contributed by atoms with E-state index in [-0.39, 0.29) is 39.2 Å². The van der Waals surface area contributed by atoms with Crippen LogP contribution in [0.25, 0.3) is 21.8 Å². The number of H-pyrrole nitrogens is 1. The van der Waals surface area contributed by atoms with Gasteiger partial charge in [-0.25, -0.2) is 0 Å². The van der Waals surface area contributed by atoms with Crippen molar-refractivity contribution in [1.29, 1.82) is 0 Å². The lowest BCUT2D eigenvalue weighted by atomic mass is 9.82. The summed E-state index contributed by atoms with van der Waals surface area (Å²) in [6, 6.07) is 15.2. The molecule has 26 heavy (non-hydrogen) atoms. The van der Waals surface area contributed by atoms with Crippen LogP contribution in [0.4, 0.5) is 5.69 Å².